The van der Waals surface area contributed by atoms with Gasteiger partial charge in [0.25, 0.3) is 0 Å². The summed E-state index contributed by atoms with van der Waals surface area (Å²) in [5.74, 6) is 8.99. The lowest BCUT2D eigenvalue weighted by Gasteiger charge is -2.16. The van der Waals surface area contributed by atoms with Crippen LogP contribution >= 0.6 is 0 Å². The van der Waals surface area contributed by atoms with Crippen LogP contribution in [0, 0.1) is 11.1 Å². The number of nitrogens with two attached hydrogens (primary N) is 2. The zero-order valence-corrected chi connectivity index (χ0v) is 13.7. The van der Waals surface area contributed by atoms with Crippen molar-refractivity contribution in [3.05, 3.63) is 0 Å². The van der Waals surface area contributed by atoms with Gasteiger partial charge in [-0.25, -0.2) is 11.1 Å². The highest BCUT2D eigenvalue weighted by molar-refractivity contribution is 5.53. The zero-order chi connectivity index (χ0) is 18.5. The third-order valence-electron chi connectivity index (χ3n) is 1.74. The summed E-state index contributed by atoms with van der Waals surface area (Å²) in [4.78, 5) is 0. The molecular formula is C11H28N8O4. The smallest absolute Gasteiger partial charge is 0.156 e. The van der Waals surface area contributed by atoms with Crippen molar-refractivity contribution >= 4 is 12.7 Å². The maximum atomic E-state index is 8.92. The molecule has 0 aliphatic heterocycles. The van der Waals surface area contributed by atoms with Crippen LogP contribution in [-0.4, -0.2) is 61.0 Å². The molecule has 0 bridgehead atoms. The van der Waals surface area contributed by atoms with E-state index in [1.54, 1.807) is 13.8 Å². The molecule has 23 heavy (non-hydrogen) atoms. The molecule has 0 amide bonds. The van der Waals surface area contributed by atoms with E-state index < -0.39 is 6.10 Å². The van der Waals surface area contributed by atoms with E-state index >= 15 is 0 Å². The Kier molecular flexibility index (Phi) is 25.1. The van der Waals surface area contributed by atoms with Crippen molar-refractivity contribution < 1.29 is 19.7 Å². The minimum atomic E-state index is -0.447. The van der Waals surface area contributed by atoms with Gasteiger partial charge in [0.05, 0.1) is 38.1 Å². The van der Waals surface area contributed by atoms with E-state index in [0.29, 0.717) is 13.2 Å². The lowest BCUT2D eigenvalue weighted by molar-refractivity contribution is -0.0620. The monoisotopic (exact) mass is 336 g/mol. The summed E-state index contributed by atoms with van der Waals surface area (Å²) in [6.07, 6.45) is 1.24. The summed E-state index contributed by atoms with van der Waals surface area (Å²) in [7, 11) is 0. The van der Waals surface area contributed by atoms with Crippen molar-refractivity contribution in [3.63, 3.8) is 0 Å². The molecule has 0 heterocycles. The summed E-state index contributed by atoms with van der Waals surface area (Å²) >= 11 is 0. The van der Waals surface area contributed by atoms with Crippen LogP contribution in [0.2, 0.25) is 0 Å². The first-order chi connectivity index (χ1) is 10.9. The maximum Gasteiger partial charge on any atom is 0.156 e. The van der Waals surface area contributed by atoms with Crippen LogP contribution in [0.1, 0.15) is 20.8 Å². The molecule has 3 unspecified atom stereocenters. The number of hydrogen-bond acceptors (Lipinski definition) is 10. The van der Waals surface area contributed by atoms with Crippen LogP contribution in [0.25, 0.3) is 0 Å². The van der Waals surface area contributed by atoms with E-state index in [1.165, 1.54) is 0 Å². The van der Waals surface area contributed by atoms with Gasteiger partial charge in [-0.2, -0.15) is 10.2 Å². The number of hydrazone groups is 2. The molecule has 8 N–H and O–H groups in total. The molecule has 0 rings (SSSR count). The van der Waals surface area contributed by atoms with E-state index in [4.69, 9.17) is 30.7 Å². The molecule has 0 aromatic rings. The van der Waals surface area contributed by atoms with Crippen LogP contribution in [0.3, 0.4) is 0 Å². The minimum absolute atomic E-state index is 0.0170. The van der Waals surface area contributed by atoms with Gasteiger partial charge >= 0.3 is 0 Å². The van der Waals surface area contributed by atoms with Crippen molar-refractivity contribution in [2.75, 3.05) is 19.8 Å². The quantitative estimate of drug-likeness (QED) is 0.112. The van der Waals surface area contributed by atoms with Crippen molar-refractivity contribution in [1.29, 1.82) is 11.1 Å². The van der Waals surface area contributed by atoms with Crippen LogP contribution in [0.5, 0.6) is 0 Å². The lowest BCUT2D eigenvalue weighted by Crippen LogP contribution is -2.24. The standard InChI is InChI=1S/C9H20O4.2CH4N4/c1-7(11)5-12-9(3)6-13-8(2)4-10;2*2-4-1-5-3/h7-11H,4-6H2,1-3H3;2*1-2H,3H2. The third-order valence-corrected chi connectivity index (χ3v) is 1.74. The summed E-state index contributed by atoms with van der Waals surface area (Å²) in [6, 6.07) is 0. The second-order valence-corrected chi connectivity index (χ2v) is 4.11. The molecular weight excluding hydrogens is 308 g/mol. The van der Waals surface area contributed by atoms with E-state index in [9.17, 15) is 0 Å². The van der Waals surface area contributed by atoms with E-state index in [-0.39, 0.29) is 18.8 Å². The fourth-order valence-electron chi connectivity index (χ4n) is 0.771. The summed E-state index contributed by atoms with van der Waals surface area (Å²) < 4.78 is 10.5. The Balaban J connectivity index is -0.000000329. The first-order valence-electron chi connectivity index (χ1n) is 6.58. The number of nitrogens with one attached hydrogen (secondary N) is 2. The average Bonchev–Trinajstić information content (AvgIpc) is 2.53. The maximum absolute atomic E-state index is 8.92. The lowest BCUT2D eigenvalue weighted by atomic mass is 10.4. The van der Waals surface area contributed by atoms with Gasteiger partial charge in [-0.05, 0) is 20.8 Å². The second-order valence-electron chi connectivity index (χ2n) is 4.11. The Bertz CT molecular complexity index is 298. The van der Waals surface area contributed by atoms with Crippen LogP contribution < -0.4 is 11.7 Å². The molecule has 0 aliphatic rings. The highest BCUT2D eigenvalue weighted by Crippen LogP contribution is 1.97. The van der Waals surface area contributed by atoms with Gasteiger partial charge in [0, 0.05) is 0 Å². The number of ether oxygens (including phenoxy) is 2. The largest absolute Gasteiger partial charge is 0.394 e. The molecule has 12 heteroatoms. The van der Waals surface area contributed by atoms with Gasteiger partial charge in [0.1, 0.15) is 0 Å². The highest BCUT2D eigenvalue weighted by atomic mass is 16.5. The predicted octanol–water partition coefficient (Wildman–Crippen LogP) is 0.00844. The number of rotatable bonds is 9. The number of hydrogen-bond donors (Lipinski definition) is 6. The predicted molar refractivity (Wildman–Crippen MR) is 85.2 cm³/mol. The molecule has 12 nitrogen and oxygen atoms in total. The van der Waals surface area contributed by atoms with Gasteiger partial charge in [-0.3, -0.25) is 0 Å². The SMILES string of the molecule is CC(O)COC(C)COC(C)CO.N=NC=NN.N=NC=NN. The summed E-state index contributed by atoms with van der Waals surface area (Å²) in [5.41, 5.74) is 12.0. The van der Waals surface area contributed by atoms with Gasteiger partial charge in [0.15, 0.2) is 12.7 Å². The average molecular weight is 336 g/mol. The first kappa shape index (κ1) is 25.9. The fraction of sp³-hybridized carbons (Fsp3) is 0.818. The Labute approximate surface area is 135 Å². The molecule has 0 radical (unpaired) electrons. The molecule has 0 fully saturated rings. The van der Waals surface area contributed by atoms with Crippen LogP contribution in [0.15, 0.2) is 20.4 Å². The fourth-order valence-corrected chi connectivity index (χ4v) is 0.771. The van der Waals surface area contributed by atoms with Gasteiger partial charge in [-0.1, -0.05) is 0 Å². The number of aliphatic hydroxyl groups is 2. The van der Waals surface area contributed by atoms with Crippen molar-refractivity contribution in [2.45, 2.75) is 39.1 Å². The third kappa shape index (κ3) is 33.0. The van der Waals surface area contributed by atoms with E-state index in [2.05, 4.69) is 32.1 Å². The normalized spacial score (nSPS) is 14.1. The Hall–Kier alpha value is -2.02. The Morgan fingerprint density at radius 1 is 0.957 bits per heavy atom. The first-order valence-corrected chi connectivity index (χ1v) is 6.58. The Morgan fingerprint density at radius 3 is 1.65 bits per heavy atom. The van der Waals surface area contributed by atoms with Crippen molar-refractivity contribution in [1.82, 2.24) is 0 Å². The summed E-state index contributed by atoms with van der Waals surface area (Å²) in [5, 5.41) is 28.7. The molecule has 3 atom stereocenters. The van der Waals surface area contributed by atoms with Gasteiger partial charge in [0.2, 0.25) is 0 Å². The van der Waals surface area contributed by atoms with Gasteiger partial charge in [-0.15, -0.1) is 10.2 Å². The summed E-state index contributed by atoms with van der Waals surface area (Å²) in [6.45, 7) is 6.10. The molecule has 0 saturated carbocycles. The molecule has 0 aromatic heterocycles. The molecule has 0 spiro atoms. The molecule has 0 aromatic carbocycles. The molecule has 0 saturated heterocycles. The van der Waals surface area contributed by atoms with Crippen LogP contribution in [0.4, 0.5) is 0 Å². The van der Waals surface area contributed by atoms with E-state index in [1.807, 2.05) is 6.92 Å². The van der Waals surface area contributed by atoms with Crippen molar-refractivity contribution in [3.8, 4) is 0 Å². The number of aliphatic hydroxyl groups excluding tert-OH is 2. The molecule has 136 valence electrons. The zero-order valence-electron chi connectivity index (χ0n) is 13.7. The van der Waals surface area contributed by atoms with E-state index in [0.717, 1.165) is 12.7 Å². The Morgan fingerprint density at radius 2 is 1.39 bits per heavy atom. The molecule has 0 aliphatic carbocycles. The second kappa shape index (κ2) is 22.3. The number of nitrogens with zero attached hydrogens (tertiary/aromatic N) is 4. The van der Waals surface area contributed by atoms with Crippen molar-refractivity contribution in [2.24, 2.45) is 32.1 Å². The highest BCUT2D eigenvalue weighted by Gasteiger charge is 2.06. The minimum Gasteiger partial charge on any atom is -0.394 e. The van der Waals surface area contributed by atoms with Gasteiger partial charge < -0.3 is 31.4 Å². The van der Waals surface area contributed by atoms with Crippen LogP contribution in [-0.2, 0) is 9.47 Å². The topological polar surface area (TPSA) is 208 Å².